The lowest BCUT2D eigenvalue weighted by atomic mass is 9.98. The molecule has 32 heavy (non-hydrogen) atoms. The van der Waals surface area contributed by atoms with Crippen LogP contribution in [0.5, 0.6) is 0 Å². The van der Waals surface area contributed by atoms with Crippen LogP contribution in [0.2, 0.25) is 5.02 Å². The maximum atomic E-state index is 14.1. The minimum atomic E-state index is -0.727. The quantitative estimate of drug-likeness (QED) is 0.598. The van der Waals surface area contributed by atoms with Gasteiger partial charge in [-0.25, -0.2) is 4.39 Å². The number of hydrogen-bond donors (Lipinski definition) is 0. The first-order chi connectivity index (χ1) is 15.4. The van der Waals surface area contributed by atoms with Gasteiger partial charge in [0.05, 0.1) is 30.2 Å². The molecule has 8 heteroatoms. The van der Waals surface area contributed by atoms with Crippen LogP contribution in [-0.2, 0) is 4.74 Å². The second-order valence-electron chi connectivity index (χ2n) is 8.18. The maximum absolute atomic E-state index is 14.1. The first-order valence-corrected chi connectivity index (χ1v) is 10.9. The number of morpholine rings is 1. The van der Waals surface area contributed by atoms with Gasteiger partial charge >= 0.3 is 0 Å². The maximum Gasteiger partial charge on any atom is 0.290 e. The molecule has 5 rings (SSSR count). The fourth-order valence-corrected chi connectivity index (χ4v) is 4.63. The molecule has 1 amide bonds. The summed E-state index contributed by atoms with van der Waals surface area (Å²) in [6.07, 6.45) is 0. The number of fused-ring (bicyclic) bond motifs is 2. The average molecular weight is 457 g/mol. The number of ether oxygens (including phenoxy) is 1. The van der Waals surface area contributed by atoms with E-state index in [-0.39, 0.29) is 22.7 Å². The van der Waals surface area contributed by atoms with Gasteiger partial charge in [-0.05, 0) is 42.3 Å². The molecule has 2 aromatic carbocycles. The number of benzene rings is 2. The van der Waals surface area contributed by atoms with Crippen molar-refractivity contribution in [2.45, 2.75) is 13.0 Å². The largest absolute Gasteiger partial charge is 0.450 e. The van der Waals surface area contributed by atoms with Crippen LogP contribution in [0.1, 0.15) is 33.3 Å². The molecule has 0 N–H and O–H groups in total. The van der Waals surface area contributed by atoms with Gasteiger partial charge in [-0.15, -0.1) is 0 Å². The van der Waals surface area contributed by atoms with Crippen molar-refractivity contribution in [1.82, 2.24) is 9.80 Å². The van der Waals surface area contributed by atoms with E-state index in [4.69, 9.17) is 20.8 Å². The molecule has 2 aliphatic heterocycles. The van der Waals surface area contributed by atoms with Crippen molar-refractivity contribution in [2.75, 3.05) is 39.4 Å². The molecule has 166 valence electrons. The number of amides is 1. The fourth-order valence-electron chi connectivity index (χ4n) is 4.47. The zero-order valence-electron chi connectivity index (χ0n) is 17.6. The van der Waals surface area contributed by atoms with Crippen LogP contribution in [0.4, 0.5) is 4.39 Å². The predicted octanol–water partition coefficient (Wildman–Crippen LogP) is 3.77. The summed E-state index contributed by atoms with van der Waals surface area (Å²) in [5.74, 6) is -0.782. The highest BCUT2D eigenvalue weighted by Gasteiger charge is 2.42. The molecule has 1 unspecified atom stereocenters. The molecule has 3 heterocycles. The van der Waals surface area contributed by atoms with Crippen LogP contribution in [0.3, 0.4) is 0 Å². The van der Waals surface area contributed by atoms with Gasteiger partial charge in [0.25, 0.3) is 5.91 Å². The summed E-state index contributed by atoms with van der Waals surface area (Å²) in [5, 5.41) is 0.754. The van der Waals surface area contributed by atoms with Gasteiger partial charge in [0.2, 0.25) is 5.76 Å². The molecule has 0 radical (unpaired) electrons. The van der Waals surface area contributed by atoms with Crippen LogP contribution in [0, 0.1) is 12.7 Å². The first kappa shape index (κ1) is 21.1. The highest BCUT2D eigenvalue weighted by atomic mass is 35.5. The minimum absolute atomic E-state index is 0.0143. The van der Waals surface area contributed by atoms with Crippen LogP contribution >= 0.6 is 11.6 Å². The molecule has 3 aromatic rings. The third-order valence-corrected chi connectivity index (χ3v) is 6.58. The molecular formula is C24H22ClFN2O4. The van der Waals surface area contributed by atoms with E-state index in [1.807, 2.05) is 0 Å². The zero-order chi connectivity index (χ0) is 22.4. The SMILES string of the molecule is Cc1cc2oc3c(c(=O)c2cc1Cl)C(c1cccc(F)c1)N(CCN1CCOCC1)C3=O. The van der Waals surface area contributed by atoms with E-state index in [0.717, 1.165) is 18.7 Å². The van der Waals surface area contributed by atoms with Crippen LogP contribution in [0.25, 0.3) is 11.0 Å². The van der Waals surface area contributed by atoms with Crippen molar-refractivity contribution in [3.8, 4) is 0 Å². The highest BCUT2D eigenvalue weighted by Crippen LogP contribution is 2.38. The molecule has 0 aliphatic carbocycles. The Labute approximate surface area is 189 Å². The molecule has 1 saturated heterocycles. The van der Waals surface area contributed by atoms with E-state index >= 15 is 0 Å². The van der Waals surface area contributed by atoms with Gasteiger partial charge < -0.3 is 14.1 Å². The lowest BCUT2D eigenvalue weighted by molar-refractivity contribution is 0.0314. The molecule has 6 nitrogen and oxygen atoms in total. The molecule has 0 saturated carbocycles. The van der Waals surface area contributed by atoms with Gasteiger partial charge in [-0.2, -0.15) is 0 Å². The van der Waals surface area contributed by atoms with Crippen molar-refractivity contribution in [3.63, 3.8) is 0 Å². The predicted molar refractivity (Wildman–Crippen MR) is 119 cm³/mol. The summed E-state index contributed by atoms with van der Waals surface area (Å²) in [7, 11) is 0. The Morgan fingerprint density at radius 3 is 2.66 bits per heavy atom. The number of nitrogens with zero attached hydrogens (tertiary/aromatic N) is 2. The van der Waals surface area contributed by atoms with Crippen LogP contribution in [0.15, 0.2) is 45.6 Å². The van der Waals surface area contributed by atoms with E-state index in [1.54, 1.807) is 36.1 Å². The third-order valence-electron chi connectivity index (χ3n) is 6.17. The Balaban J connectivity index is 1.63. The molecule has 2 aliphatic rings. The lowest BCUT2D eigenvalue weighted by Crippen LogP contribution is -2.42. The topological polar surface area (TPSA) is 63.0 Å². The highest BCUT2D eigenvalue weighted by molar-refractivity contribution is 6.32. The summed E-state index contributed by atoms with van der Waals surface area (Å²) < 4.78 is 25.5. The zero-order valence-corrected chi connectivity index (χ0v) is 18.3. The smallest absolute Gasteiger partial charge is 0.290 e. The lowest BCUT2D eigenvalue weighted by Gasteiger charge is -2.31. The minimum Gasteiger partial charge on any atom is -0.450 e. The summed E-state index contributed by atoms with van der Waals surface area (Å²) in [6.45, 7) is 5.64. The normalized spacial score (nSPS) is 19.0. The molecule has 1 aromatic heterocycles. The van der Waals surface area contributed by atoms with Gasteiger partial charge in [-0.3, -0.25) is 14.5 Å². The van der Waals surface area contributed by atoms with Crippen LogP contribution in [-0.4, -0.2) is 55.1 Å². The molecule has 1 fully saturated rings. The second kappa shape index (κ2) is 8.31. The van der Waals surface area contributed by atoms with Crippen molar-refractivity contribution in [3.05, 3.63) is 79.9 Å². The van der Waals surface area contributed by atoms with Crippen molar-refractivity contribution in [1.29, 1.82) is 0 Å². The summed E-state index contributed by atoms with van der Waals surface area (Å²) in [6, 6.07) is 8.52. The van der Waals surface area contributed by atoms with E-state index in [9.17, 15) is 14.0 Å². The van der Waals surface area contributed by atoms with Gasteiger partial charge in [0, 0.05) is 31.2 Å². The third kappa shape index (κ3) is 3.60. The fraction of sp³-hybridized carbons (Fsp3) is 0.333. The van der Waals surface area contributed by atoms with Crippen LogP contribution < -0.4 is 5.43 Å². The Morgan fingerprint density at radius 2 is 1.91 bits per heavy atom. The molecule has 0 spiro atoms. The Hall–Kier alpha value is -2.74. The molecule has 1 atom stereocenters. The monoisotopic (exact) mass is 456 g/mol. The van der Waals surface area contributed by atoms with Crippen molar-refractivity contribution < 1.29 is 18.3 Å². The number of hydrogen-bond acceptors (Lipinski definition) is 5. The van der Waals surface area contributed by atoms with Crippen molar-refractivity contribution in [2.24, 2.45) is 0 Å². The average Bonchev–Trinajstić information content (AvgIpc) is 3.06. The number of halogens is 2. The van der Waals surface area contributed by atoms with Gasteiger partial charge in [0.1, 0.15) is 11.4 Å². The number of carbonyl (C=O) groups excluding carboxylic acids is 1. The number of aryl methyl sites for hydroxylation is 1. The molecule has 0 bridgehead atoms. The van der Waals surface area contributed by atoms with Gasteiger partial charge in [-0.1, -0.05) is 23.7 Å². The van der Waals surface area contributed by atoms with E-state index in [0.29, 0.717) is 47.9 Å². The second-order valence-corrected chi connectivity index (χ2v) is 8.59. The summed E-state index contributed by atoms with van der Waals surface area (Å²) in [5.41, 5.74) is 1.51. The number of rotatable bonds is 4. The summed E-state index contributed by atoms with van der Waals surface area (Å²) in [4.78, 5) is 30.8. The van der Waals surface area contributed by atoms with E-state index in [2.05, 4.69) is 4.90 Å². The Kier molecular flexibility index (Phi) is 5.49. The Bertz CT molecular complexity index is 1270. The van der Waals surface area contributed by atoms with Gasteiger partial charge in [0.15, 0.2) is 5.43 Å². The number of carbonyl (C=O) groups is 1. The van der Waals surface area contributed by atoms with Crippen molar-refractivity contribution >= 4 is 28.5 Å². The summed E-state index contributed by atoms with van der Waals surface area (Å²) >= 11 is 6.25. The van der Waals surface area contributed by atoms with E-state index in [1.165, 1.54) is 12.1 Å². The molecular weight excluding hydrogens is 435 g/mol. The Morgan fingerprint density at radius 1 is 1.12 bits per heavy atom. The first-order valence-electron chi connectivity index (χ1n) is 10.6. The standard InChI is InChI=1S/C24H22ClFN2O4/c1-14-11-19-17(13-18(14)25)22(29)20-21(15-3-2-4-16(26)12-15)28(24(30)23(20)32-19)6-5-27-7-9-31-10-8-27/h2-4,11-13,21H,5-10H2,1H3. The van der Waals surface area contributed by atoms with E-state index < -0.39 is 11.9 Å².